The number of carboxylic acid groups (broad SMARTS) is 1. The van der Waals surface area contributed by atoms with Crippen LogP contribution in [-0.2, 0) is 4.79 Å². The molecule has 0 aliphatic carbocycles. The maximum absolute atomic E-state index is 10.6. The van der Waals surface area contributed by atoms with Crippen molar-refractivity contribution in [1.82, 2.24) is 0 Å². The molecule has 0 saturated carbocycles. The Balaban J connectivity index is 3.27. The van der Waals surface area contributed by atoms with Gasteiger partial charge in [0.15, 0.2) is 0 Å². The second-order valence-electron chi connectivity index (χ2n) is 2.77. The third-order valence-corrected chi connectivity index (χ3v) is 2.86. The molecule has 0 aliphatic heterocycles. The summed E-state index contributed by atoms with van der Waals surface area (Å²) in [5, 5.41) is 17.8. The zero-order chi connectivity index (χ0) is 12.3. The molecule has 0 spiro atoms. The normalized spacial score (nSPS) is 11.0. The fourth-order valence-electron chi connectivity index (χ4n) is 0.967. The Labute approximate surface area is 106 Å². The molecule has 82 valence electrons. The lowest BCUT2D eigenvalue weighted by molar-refractivity contribution is -0.132. The molecule has 0 bridgehead atoms. The lowest BCUT2D eigenvalue weighted by Crippen LogP contribution is -1.97. The molecular weight excluding hydrogens is 272 g/mol. The van der Waals surface area contributed by atoms with Gasteiger partial charge in [-0.1, -0.05) is 34.8 Å². The molecule has 16 heavy (non-hydrogen) atoms. The first-order chi connectivity index (χ1) is 7.45. The first-order valence-electron chi connectivity index (χ1n) is 3.95. The Kier molecular flexibility index (Phi) is 4.19. The number of nitriles is 1. The molecule has 0 heterocycles. The summed E-state index contributed by atoms with van der Waals surface area (Å²) in [7, 11) is 0. The summed E-state index contributed by atoms with van der Waals surface area (Å²) >= 11 is 17.2. The standard InChI is InChI=1S/C10H4Cl3NO2/c11-7-2-5(3-8(12)9(7)13)1-6(4-14)10(15)16/h1-3H,(H,15,16)/b6-1+. The minimum atomic E-state index is -1.32. The first kappa shape index (κ1) is 12.9. The summed E-state index contributed by atoms with van der Waals surface area (Å²) in [6.07, 6.45) is 1.16. The monoisotopic (exact) mass is 275 g/mol. The van der Waals surface area contributed by atoms with Gasteiger partial charge >= 0.3 is 5.97 Å². The van der Waals surface area contributed by atoms with Crippen LogP contribution in [0.1, 0.15) is 5.56 Å². The van der Waals surface area contributed by atoms with Crippen LogP contribution in [0.5, 0.6) is 0 Å². The van der Waals surface area contributed by atoms with E-state index in [-0.39, 0.29) is 15.1 Å². The van der Waals surface area contributed by atoms with E-state index in [9.17, 15) is 4.79 Å². The smallest absolute Gasteiger partial charge is 0.346 e. The third-order valence-electron chi connectivity index (χ3n) is 1.67. The summed E-state index contributed by atoms with van der Waals surface area (Å²) in [5.74, 6) is -1.32. The molecule has 0 fully saturated rings. The second kappa shape index (κ2) is 5.22. The highest BCUT2D eigenvalue weighted by Crippen LogP contribution is 2.31. The number of nitrogens with zero attached hydrogens (tertiary/aromatic N) is 1. The number of halogens is 3. The van der Waals surface area contributed by atoms with E-state index >= 15 is 0 Å². The fourth-order valence-corrected chi connectivity index (χ4v) is 1.58. The molecule has 0 aliphatic rings. The summed E-state index contributed by atoms with van der Waals surface area (Å²) in [4.78, 5) is 10.6. The van der Waals surface area contributed by atoms with E-state index in [0.29, 0.717) is 5.56 Å². The van der Waals surface area contributed by atoms with E-state index in [1.165, 1.54) is 12.1 Å². The Morgan fingerprint density at radius 3 is 2.19 bits per heavy atom. The molecule has 0 atom stereocenters. The van der Waals surface area contributed by atoms with Crippen molar-refractivity contribution >= 4 is 46.8 Å². The Morgan fingerprint density at radius 2 is 1.81 bits per heavy atom. The Bertz CT molecular complexity index is 494. The number of aliphatic carboxylic acids is 1. The van der Waals surface area contributed by atoms with Gasteiger partial charge in [-0.05, 0) is 23.8 Å². The molecule has 1 rings (SSSR count). The summed E-state index contributed by atoms with van der Waals surface area (Å²) in [6.45, 7) is 0. The van der Waals surface area contributed by atoms with Crippen molar-refractivity contribution in [1.29, 1.82) is 5.26 Å². The zero-order valence-corrected chi connectivity index (χ0v) is 9.94. The van der Waals surface area contributed by atoms with Gasteiger partial charge in [-0.25, -0.2) is 4.79 Å². The van der Waals surface area contributed by atoms with Gasteiger partial charge in [0.2, 0.25) is 0 Å². The van der Waals surface area contributed by atoms with Crippen LogP contribution in [0.15, 0.2) is 17.7 Å². The van der Waals surface area contributed by atoms with Gasteiger partial charge in [-0.2, -0.15) is 5.26 Å². The Hall–Kier alpha value is -1.21. The summed E-state index contributed by atoms with van der Waals surface area (Å²) in [6, 6.07) is 4.40. The zero-order valence-electron chi connectivity index (χ0n) is 7.67. The maximum Gasteiger partial charge on any atom is 0.346 e. The lowest BCUT2D eigenvalue weighted by Gasteiger charge is -2.01. The fraction of sp³-hybridized carbons (Fsp3) is 0. The highest BCUT2D eigenvalue weighted by atomic mass is 35.5. The van der Waals surface area contributed by atoms with Gasteiger partial charge in [0.1, 0.15) is 11.6 Å². The Morgan fingerprint density at radius 1 is 1.31 bits per heavy atom. The summed E-state index contributed by atoms with van der Waals surface area (Å²) < 4.78 is 0. The maximum atomic E-state index is 10.6. The van der Waals surface area contributed by atoms with Crippen molar-refractivity contribution in [2.45, 2.75) is 0 Å². The summed E-state index contributed by atoms with van der Waals surface area (Å²) in [5.41, 5.74) is -0.00666. The van der Waals surface area contributed by atoms with E-state index in [4.69, 9.17) is 45.2 Å². The molecular formula is C10H4Cl3NO2. The molecule has 6 heteroatoms. The van der Waals surface area contributed by atoms with Crippen LogP contribution in [0, 0.1) is 11.3 Å². The van der Waals surface area contributed by atoms with Crippen molar-refractivity contribution in [2.24, 2.45) is 0 Å². The van der Waals surface area contributed by atoms with E-state index in [1.54, 1.807) is 6.07 Å². The van der Waals surface area contributed by atoms with Crippen molar-refractivity contribution in [3.63, 3.8) is 0 Å². The molecule has 1 aromatic carbocycles. The van der Waals surface area contributed by atoms with E-state index in [0.717, 1.165) is 6.08 Å². The SMILES string of the molecule is N#C/C(=C\c1cc(Cl)c(Cl)c(Cl)c1)C(=O)O. The minimum absolute atomic E-state index is 0.189. The van der Waals surface area contributed by atoms with Crippen LogP contribution in [0.25, 0.3) is 6.08 Å². The number of carboxylic acids is 1. The van der Waals surface area contributed by atoms with Crippen molar-refractivity contribution in [3.8, 4) is 6.07 Å². The number of rotatable bonds is 2. The van der Waals surface area contributed by atoms with Gasteiger partial charge in [0, 0.05) is 0 Å². The average molecular weight is 277 g/mol. The number of benzene rings is 1. The minimum Gasteiger partial charge on any atom is -0.477 e. The highest BCUT2D eigenvalue weighted by Gasteiger charge is 2.08. The van der Waals surface area contributed by atoms with Crippen LogP contribution in [0.2, 0.25) is 15.1 Å². The lowest BCUT2D eigenvalue weighted by atomic mass is 10.1. The molecule has 1 N–H and O–H groups in total. The van der Waals surface area contributed by atoms with E-state index in [1.807, 2.05) is 0 Å². The second-order valence-corrected chi connectivity index (χ2v) is 3.97. The van der Waals surface area contributed by atoms with Crippen molar-refractivity contribution in [3.05, 3.63) is 38.3 Å². The van der Waals surface area contributed by atoms with Crippen LogP contribution in [0.3, 0.4) is 0 Å². The highest BCUT2D eigenvalue weighted by molar-refractivity contribution is 6.48. The molecule has 3 nitrogen and oxygen atoms in total. The number of hydrogen-bond acceptors (Lipinski definition) is 2. The number of hydrogen-bond donors (Lipinski definition) is 1. The largest absolute Gasteiger partial charge is 0.477 e. The van der Waals surface area contributed by atoms with Gasteiger partial charge in [0.25, 0.3) is 0 Å². The molecule has 0 amide bonds. The van der Waals surface area contributed by atoms with Gasteiger partial charge < -0.3 is 5.11 Å². The van der Waals surface area contributed by atoms with Crippen LogP contribution in [-0.4, -0.2) is 11.1 Å². The van der Waals surface area contributed by atoms with E-state index < -0.39 is 11.5 Å². The van der Waals surface area contributed by atoms with Crippen LogP contribution >= 0.6 is 34.8 Å². The molecule has 0 radical (unpaired) electrons. The third kappa shape index (κ3) is 2.89. The van der Waals surface area contributed by atoms with Gasteiger partial charge in [0.05, 0.1) is 15.1 Å². The molecule has 1 aromatic rings. The van der Waals surface area contributed by atoms with E-state index in [2.05, 4.69) is 0 Å². The van der Waals surface area contributed by atoms with Crippen molar-refractivity contribution in [2.75, 3.05) is 0 Å². The molecule has 0 saturated heterocycles. The quantitative estimate of drug-likeness (QED) is 0.509. The van der Waals surface area contributed by atoms with Crippen LogP contribution in [0.4, 0.5) is 0 Å². The predicted molar refractivity (Wildman–Crippen MR) is 62.7 cm³/mol. The molecule has 0 unspecified atom stereocenters. The topological polar surface area (TPSA) is 61.1 Å². The van der Waals surface area contributed by atoms with Gasteiger partial charge in [-0.3, -0.25) is 0 Å². The predicted octanol–water partition coefficient (Wildman–Crippen LogP) is 3.64. The van der Waals surface area contributed by atoms with Gasteiger partial charge in [-0.15, -0.1) is 0 Å². The van der Waals surface area contributed by atoms with Crippen LogP contribution < -0.4 is 0 Å². The first-order valence-corrected chi connectivity index (χ1v) is 5.08. The van der Waals surface area contributed by atoms with Crippen molar-refractivity contribution < 1.29 is 9.90 Å². The molecule has 0 aromatic heterocycles. The number of carbonyl (C=O) groups is 1. The average Bonchev–Trinajstić information content (AvgIpc) is 2.21.